The largest absolute Gasteiger partial charge is 0.0667 e. The highest BCUT2D eigenvalue weighted by Crippen LogP contribution is 2.18. The molecular weight excluding hydrogens is 84.1 g/mol. The van der Waals surface area contributed by atoms with Gasteiger partial charge in [-0.1, -0.05) is 5.57 Å². The minimum Gasteiger partial charge on any atom is -0.0667 e. The number of rotatable bonds is 1. The van der Waals surface area contributed by atoms with Gasteiger partial charge in [0.05, 0.1) is 0 Å². The lowest BCUT2D eigenvalue weighted by Crippen LogP contribution is -1.69. The summed E-state index contributed by atoms with van der Waals surface area (Å²) in [6.07, 6.45) is 7.97. The second-order valence-corrected chi connectivity index (χ2v) is 1.88. The van der Waals surface area contributed by atoms with Crippen LogP contribution in [0.25, 0.3) is 0 Å². The van der Waals surface area contributed by atoms with Crippen LogP contribution >= 0.6 is 0 Å². The molecule has 0 aromatic carbocycles. The van der Waals surface area contributed by atoms with Crippen LogP contribution in [-0.4, -0.2) is 0 Å². The van der Waals surface area contributed by atoms with Crippen LogP contribution in [0.3, 0.4) is 0 Å². The van der Waals surface area contributed by atoms with Crippen molar-refractivity contribution in [1.29, 1.82) is 0 Å². The first-order valence-corrected chi connectivity index (χ1v) is 2.81. The van der Waals surface area contributed by atoms with Crippen LogP contribution in [0.4, 0.5) is 0 Å². The first-order chi connectivity index (χ1) is 3.43. The molecule has 1 aliphatic rings. The van der Waals surface area contributed by atoms with Gasteiger partial charge in [0.1, 0.15) is 0 Å². The maximum atomic E-state index is 3.77. The Morgan fingerprint density at radius 2 is 2.57 bits per heavy atom. The van der Waals surface area contributed by atoms with Gasteiger partial charge in [0.2, 0.25) is 0 Å². The first-order valence-electron chi connectivity index (χ1n) is 2.81. The summed E-state index contributed by atoms with van der Waals surface area (Å²) in [5, 5.41) is 0. The van der Waals surface area contributed by atoms with Crippen molar-refractivity contribution in [3.63, 3.8) is 0 Å². The van der Waals surface area contributed by atoms with Crippen molar-refractivity contribution in [2.75, 3.05) is 0 Å². The molecule has 0 aromatic rings. The van der Waals surface area contributed by atoms with Crippen molar-refractivity contribution in [3.05, 3.63) is 18.6 Å². The van der Waals surface area contributed by atoms with Crippen molar-refractivity contribution in [2.24, 2.45) is 0 Å². The lowest BCUT2D eigenvalue weighted by atomic mass is 10.2. The summed E-state index contributed by atoms with van der Waals surface area (Å²) < 4.78 is 0. The van der Waals surface area contributed by atoms with Gasteiger partial charge in [-0.2, -0.15) is 0 Å². The zero-order chi connectivity index (χ0) is 5.11. The molecule has 2 radical (unpaired) electrons. The Balaban J connectivity index is 2.36. The molecule has 38 valence electrons. The maximum absolute atomic E-state index is 3.77. The molecule has 0 saturated carbocycles. The number of hydrogen-bond donors (Lipinski definition) is 0. The van der Waals surface area contributed by atoms with E-state index in [0.29, 0.717) is 0 Å². The van der Waals surface area contributed by atoms with Gasteiger partial charge in [0, 0.05) is 0 Å². The molecule has 0 heteroatoms. The molecule has 0 fully saturated rings. The standard InChI is InChI=1S/C7H10/c1-2-7-5-3-4-6-7/h1-5H2. The van der Waals surface area contributed by atoms with E-state index in [2.05, 4.69) is 13.0 Å². The van der Waals surface area contributed by atoms with E-state index in [1.54, 1.807) is 0 Å². The fourth-order valence-corrected chi connectivity index (χ4v) is 0.869. The monoisotopic (exact) mass is 94.1 g/mol. The highest BCUT2D eigenvalue weighted by atomic mass is 14.0. The van der Waals surface area contributed by atoms with Gasteiger partial charge in [-0.15, -0.1) is 0 Å². The van der Waals surface area contributed by atoms with Gasteiger partial charge in [-0.05, 0) is 38.7 Å². The quantitative estimate of drug-likeness (QED) is 0.467. The Kier molecular flexibility index (Phi) is 1.50. The van der Waals surface area contributed by atoms with E-state index < -0.39 is 0 Å². The van der Waals surface area contributed by atoms with Gasteiger partial charge in [-0.25, -0.2) is 0 Å². The maximum Gasteiger partial charge on any atom is -0.0274 e. The summed E-state index contributed by atoms with van der Waals surface area (Å²) in [6, 6.07) is 0. The molecule has 7 heavy (non-hydrogen) atoms. The Morgan fingerprint density at radius 1 is 1.71 bits per heavy atom. The van der Waals surface area contributed by atoms with E-state index in [0.717, 1.165) is 6.42 Å². The van der Waals surface area contributed by atoms with E-state index in [4.69, 9.17) is 0 Å². The Labute approximate surface area is 45.2 Å². The zero-order valence-electron chi connectivity index (χ0n) is 4.54. The van der Waals surface area contributed by atoms with Gasteiger partial charge in [0.25, 0.3) is 0 Å². The number of allylic oxidation sites excluding steroid dienone is 2. The van der Waals surface area contributed by atoms with Crippen molar-refractivity contribution in [1.82, 2.24) is 0 Å². The minimum absolute atomic E-state index is 0.972. The van der Waals surface area contributed by atoms with E-state index in [1.165, 1.54) is 24.8 Å². The Bertz CT molecular complexity index is 80.0. The molecule has 0 unspecified atom stereocenters. The molecule has 0 heterocycles. The Hall–Kier alpha value is -0.260. The normalized spacial score (nSPS) is 19.9. The lowest BCUT2D eigenvalue weighted by molar-refractivity contribution is 0.890. The summed E-state index contributed by atoms with van der Waals surface area (Å²) in [5.74, 6) is 0. The molecule has 0 N–H and O–H groups in total. The molecule has 0 nitrogen and oxygen atoms in total. The van der Waals surface area contributed by atoms with E-state index >= 15 is 0 Å². The predicted molar refractivity (Wildman–Crippen MR) is 30.6 cm³/mol. The SMILES string of the molecule is [CH2]CC1=[C]CCC1. The van der Waals surface area contributed by atoms with Crippen LogP contribution in [0.5, 0.6) is 0 Å². The summed E-state index contributed by atoms with van der Waals surface area (Å²) in [5.41, 5.74) is 1.43. The fourth-order valence-electron chi connectivity index (χ4n) is 0.869. The topological polar surface area (TPSA) is 0 Å². The highest BCUT2D eigenvalue weighted by Gasteiger charge is 1.99. The summed E-state index contributed by atoms with van der Waals surface area (Å²) in [7, 11) is 0. The van der Waals surface area contributed by atoms with E-state index in [-0.39, 0.29) is 0 Å². The van der Waals surface area contributed by atoms with Gasteiger partial charge >= 0.3 is 0 Å². The van der Waals surface area contributed by atoms with Crippen LogP contribution in [0.1, 0.15) is 25.7 Å². The highest BCUT2D eigenvalue weighted by molar-refractivity contribution is 5.02. The third-order valence-electron chi connectivity index (χ3n) is 1.33. The molecule has 0 amide bonds. The smallest absolute Gasteiger partial charge is 0.0274 e. The second kappa shape index (κ2) is 2.15. The van der Waals surface area contributed by atoms with Crippen molar-refractivity contribution >= 4 is 0 Å². The van der Waals surface area contributed by atoms with Crippen LogP contribution in [-0.2, 0) is 0 Å². The molecule has 0 aromatic heterocycles. The average molecular weight is 94.2 g/mol. The van der Waals surface area contributed by atoms with Crippen molar-refractivity contribution < 1.29 is 0 Å². The molecule has 0 spiro atoms. The van der Waals surface area contributed by atoms with Crippen LogP contribution in [0, 0.1) is 13.0 Å². The molecule has 0 atom stereocenters. The fraction of sp³-hybridized carbons (Fsp3) is 0.571. The van der Waals surface area contributed by atoms with Crippen molar-refractivity contribution in [2.45, 2.75) is 25.7 Å². The third-order valence-corrected chi connectivity index (χ3v) is 1.33. The van der Waals surface area contributed by atoms with E-state index in [1.807, 2.05) is 0 Å². The summed E-state index contributed by atoms with van der Waals surface area (Å²) in [4.78, 5) is 0. The second-order valence-electron chi connectivity index (χ2n) is 1.88. The molecule has 1 aliphatic carbocycles. The molecular formula is C7H10. The molecule has 1 rings (SSSR count). The molecule has 0 saturated heterocycles. The average Bonchev–Trinajstić information content (AvgIpc) is 2.14. The molecule has 0 aliphatic heterocycles. The Morgan fingerprint density at radius 3 is 2.86 bits per heavy atom. The zero-order valence-corrected chi connectivity index (χ0v) is 4.54. The lowest BCUT2D eigenvalue weighted by Gasteiger charge is -1.88. The van der Waals surface area contributed by atoms with Gasteiger partial charge < -0.3 is 0 Å². The van der Waals surface area contributed by atoms with Crippen LogP contribution < -0.4 is 0 Å². The first kappa shape index (κ1) is 4.89. The minimum atomic E-state index is 0.972. The summed E-state index contributed by atoms with van der Waals surface area (Å²) >= 11 is 0. The predicted octanol–water partition coefficient (Wildman–Crippen LogP) is 2.12. The van der Waals surface area contributed by atoms with E-state index in [9.17, 15) is 0 Å². The van der Waals surface area contributed by atoms with Crippen LogP contribution in [0.15, 0.2) is 5.57 Å². The van der Waals surface area contributed by atoms with Gasteiger partial charge in [0.15, 0.2) is 0 Å². The third kappa shape index (κ3) is 1.05. The van der Waals surface area contributed by atoms with Gasteiger partial charge in [-0.3, -0.25) is 0 Å². The number of hydrogen-bond acceptors (Lipinski definition) is 0. The van der Waals surface area contributed by atoms with Crippen molar-refractivity contribution in [3.8, 4) is 0 Å². The molecule has 0 bridgehead atoms. The summed E-state index contributed by atoms with van der Waals surface area (Å²) in [6.45, 7) is 3.77. The van der Waals surface area contributed by atoms with Crippen LogP contribution in [0.2, 0.25) is 0 Å².